The van der Waals surface area contributed by atoms with Gasteiger partial charge in [-0.25, -0.2) is 4.98 Å². The van der Waals surface area contributed by atoms with Crippen molar-refractivity contribution in [3.8, 4) is 11.3 Å². The normalized spacial score (nSPS) is 12.1. The predicted molar refractivity (Wildman–Crippen MR) is 85.3 cm³/mol. The van der Waals surface area contributed by atoms with Crippen LogP contribution >= 0.6 is 0 Å². The molecule has 0 spiro atoms. The number of H-pyrrole nitrogens is 1. The quantitative estimate of drug-likeness (QED) is 0.777. The van der Waals surface area contributed by atoms with Gasteiger partial charge in [0.2, 0.25) is 0 Å². The molecule has 0 unspecified atom stereocenters. The lowest BCUT2D eigenvalue weighted by Gasteiger charge is -2.12. The van der Waals surface area contributed by atoms with Gasteiger partial charge in [-0.15, -0.1) is 0 Å². The molecule has 0 bridgehead atoms. The molecule has 1 aromatic carbocycles. The van der Waals surface area contributed by atoms with E-state index in [9.17, 15) is 4.79 Å². The number of hydrogen-bond donors (Lipinski definition) is 2. The van der Waals surface area contributed by atoms with Crippen LogP contribution in [0.2, 0.25) is 0 Å². The topological polar surface area (TPSA) is 62.7 Å². The second-order valence-corrected chi connectivity index (χ2v) is 5.25. The molecule has 5 heteroatoms. The molecule has 0 aliphatic rings. The SMILES string of the molecule is C[C@H](NC(=O)c1cccn1C)c1ncc(-c2ccccc2)[nH]1. The summed E-state index contributed by atoms with van der Waals surface area (Å²) in [5.41, 5.74) is 2.64. The van der Waals surface area contributed by atoms with E-state index in [0.29, 0.717) is 5.69 Å². The second-order valence-electron chi connectivity index (χ2n) is 5.25. The molecule has 0 saturated heterocycles. The first-order chi connectivity index (χ1) is 10.6. The number of nitrogens with one attached hydrogen (secondary N) is 2. The van der Waals surface area contributed by atoms with E-state index in [2.05, 4.69) is 15.3 Å². The maximum atomic E-state index is 12.2. The average Bonchev–Trinajstić information content (AvgIpc) is 3.17. The number of aromatic amines is 1. The number of hydrogen-bond acceptors (Lipinski definition) is 2. The van der Waals surface area contributed by atoms with E-state index in [1.54, 1.807) is 16.8 Å². The Morgan fingerprint density at radius 1 is 1.23 bits per heavy atom. The summed E-state index contributed by atoms with van der Waals surface area (Å²) in [7, 11) is 1.85. The zero-order chi connectivity index (χ0) is 15.5. The van der Waals surface area contributed by atoms with Crippen molar-refractivity contribution >= 4 is 5.91 Å². The molecule has 2 N–H and O–H groups in total. The van der Waals surface area contributed by atoms with E-state index in [4.69, 9.17) is 0 Å². The first kappa shape index (κ1) is 14.1. The second kappa shape index (κ2) is 5.89. The average molecular weight is 294 g/mol. The molecule has 0 aliphatic heterocycles. The molecule has 3 rings (SSSR count). The molecular formula is C17H18N4O. The van der Waals surface area contributed by atoms with E-state index >= 15 is 0 Å². The van der Waals surface area contributed by atoms with Crippen LogP contribution < -0.4 is 5.32 Å². The Morgan fingerprint density at radius 3 is 2.68 bits per heavy atom. The van der Waals surface area contributed by atoms with E-state index in [1.807, 2.05) is 56.6 Å². The predicted octanol–water partition coefficient (Wildman–Crippen LogP) is 2.91. The Balaban J connectivity index is 1.73. The molecule has 0 aliphatic carbocycles. The van der Waals surface area contributed by atoms with E-state index in [-0.39, 0.29) is 11.9 Å². The van der Waals surface area contributed by atoms with Crippen LogP contribution in [0.1, 0.15) is 29.3 Å². The maximum Gasteiger partial charge on any atom is 0.268 e. The highest BCUT2D eigenvalue weighted by molar-refractivity contribution is 5.92. The number of nitrogens with zero attached hydrogens (tertiary/aromatic N) is 2. The molecule has 1 atom stereocenters. The molecule has 2 heterocycles. The molecule has 112 valence electrons. The Bertz CT molecular complexity index is 773. The van der Waals surface area contributed by atoms with E-state index < -0.39 is 0 Å². The van der Waals surface area contributed by atoms with Gasteiger partial charge in [-0.1, -0.05) is 30.3 Å². The highest BCUT2D eigenvalue weighted by Crippen LogP contribution is 2.19. The number of aromatic nitrogens is 3. The van der Waals surface area contributed by atoms with Gasteiger partial charge >= 0.3 is 0 Å². The van der Waals surface area contributed by atoms with Crippen molar-refractivity contribution in [3.63, 3.8) is 0 Å². The zero-order valence-electron chi connectivity index (χ0n) is 12.6. The van der Waals surface area contributed by atoms with Crippen LogP contribution in [0.15, 0.2) is 54.9 Å². The summed E-state index contributed by atoms with van der Waals surface area (Å²) in [4.78, 5) is 19.8. The standard InChI is InChI=1S/C17H18N4O/c1-12(19-17(22)15-9-6-10-21(15)2)16-18-11-14(20-16)13-7-4-3-5-8-13/h3-12H,1-2H3,(H,18,20)(H,19,22)/t12-/m0/s1. The van der Waals surface area contributed by atoms with Crippen molar-refractivity contribution in [2.75, 3.05) is 0 Å². The number of benzene rings is 1. The lowest BCUT2D eigenvalue weighted by molar-refractivity contribution is 0.0930. The monoisotopic (exact) mass is 294 g/mol. The molecule has 0 saturated carbocycles. The van der Waals surface area contributed by atoms with Gasteiger partial charge in [0.25, 0.3) is 5.91 Å². The summed E-state index contributed by atoms with van der Waals surface area (Å²) >= 11 is 0. The van der Waals surface area contributed by atoms with Crippen molar-refractivity contribution in [1.29, 1.82) is 0 Å². The van der Waals surface area contributed by atoms with Gasteiger partial charge in [0.1, 0.15) is 11.5 Å². The molecule has 22 heavy (non-hydrogen) atoms. The van der Waals surface area contributed by atoms with Crippen molar-refractivity contribution in [2.24, 2.45) is 7.05 Å². The lowest BCUT2D eigenvalue weighted by Crippen LogP contribution is -2.28. The van der Waals surface area contributed by atoms with Crippen LogP contribution in [0.25, 0.3) is 11.3 Å². The number of imidazole rings is 1. The number of rotatable bonds is 4. The van der Waals surface area contributed by atoms with Crippen LogP contribution in [-0.2, 0) is 7.05 Å². The van der Waals surface area contributed by atoms with Gasteiger partial charge in [0.05, 0.1) is 17.9 Å². The van der Waals surface area contributed by atoms with Crippen molar-refractivity contribution in [2.45, 2.75) is 13.0 Å². The van der Waals surface area contributed by atoms with Crippen LogP contribution in [0.5, 0.6) is 0 Å². The summed E-state index contributed by atoms with van der Waals surface area (Å²) in [5, 5.41) is 2.95. The summed E-state index contributed by atoms with van der Waals surface area (Å²) in [5.74, 6) is 0.624. The van der Waals surface area contributed by atoms with Crippen LogP contribution in [0.3, 0.4) is 0 Å². The van der Waals surface area contributed by atoms with Crippen LogP contribution in [0.4, 0.5) is 0 Å². The van der Waals surface area contributed by atoms with Gasteiger partial charge in [0, 0.05) is 13.2 Å². The minimum absolute atomic E-state index is 0.113. The van der Waals surface area contributed by atoms with E-state index in [0.717, 1.165) is 17.1 Å². The van der Waals surface area contributed by atoms with Crippen LogP contribution in [-0.4, -0.2) is 20.4 Å². The molecule has 1 amide bonds. The third kappa shape index (κ3) is 2.79. The molecule has 0 radical (unpaired) electrons. The highest BCUT2D eigenvalue weighted by Gasteiger charge is 2.16. The van der Waals surface area contributed by atoms with Crippen molar-refractivity contribution < 1.29 is 4.79 Å². The Labute approximate surface area is 129 Å². The Kier molecular flexibility index (Phi) is 3.78. The van der Waals surface area contributed by atoms with Gasteiger partial charge in [0.15, 0.2) is 0 Å². The number of carbonyl (C=O) groups is 1. The molecule has 5 nitrogen and oxygen atoms in total. The Morgan fingerprint density at radius 2 is 2.00 bits per heavy atom. The summed E-state index contributed by atoms with van der Waals surface area (Å²) in [6, 6.07) is 13.4. The van der Waals surface area contributed by atoms with Crippen molar-refractivity contribution in [3.05, 3.63) is 66.4 Å². The largest absolute Gasteiger partial charge is 0.347 e. The fourth-order valence-electron chi connectivity index (χ4n) is 2.36. The van der Waals surface area contributed by atoms with E-state index in [1.165, 1.54) is 0 Å². The summed E-state index contributed by atoms with van der Waals surface area (Å²) in [6.07, 6.45) is 3.63. The smallest absolute Gasteiger partial charge is 0.268 e. The minimum atomic E-state index is -0.195. The minimum Gasteiger partial charge on any atom is -0.347 e. The first-order valence-corrected chi connectivity index (χ1v) is 7.17. The lowest BCUT2D eigenvalue weighted by atomic mass is 10.2. The molecule has 2 aromatic heterocycles. The van der Waals surface area contributed by atoms with Gasteiger partial charge in [-0.3, -0.25) is 4.79 Å². The highest BCUT2D eigenvalue weighted by atomic mass is 16.2. The molecule has 0 fully saturated rings. The number of amides is 1. The molecular weight excluding hydrogens is 276 g/mol. The molecule has 3 aromatic rings. The Hall–Kier alpha value is -2.82. The third-order valence-electron chi connectivity index (χ3n) is 3.61. The first-order valence-electron chi connectivity index (χ1n) is 7.17. The maximum absolute atomic E-state index is 12.2. The third-order valence-corrected chi connectivity index (χ3v) is 3.61. The van der Waals surface area contributed by atoms with Gasteiger partial charge in [-0.2, -0.15) is 0 Å². The van der Waals surface area contributed by atoms with Crippen molar-refractivity contribution in [1.82, 2.24) is 19.9 Å². The fraction of sp³-hybridized carbons (Fsp3) is 0.176. The summed E-state index contributed by atoms with van der Waals surface area (Å²) in [6.45, 7) is 1.91. The van der Waals surface area contributed by atoms with Crippen LogP contribution in [0, 0.1) is 0 Å². The number of carbonyl (C=O) groups excluding carboxylic acids is 1. The number of aryl methyl sites for hydroxylation is 1. The summed E-state index contributed by atoms with van der Waals surface area (Å²) < 4.78 is 1.79. The zero-order valence-corrected chi connectivity index (χ0v) is 12.6. The van der Waals surface area contributed by atoms with Gasteiger partial charge in [-0.05, 0) is 24.6 Å². The fourth-order valence-corrected chi connectivity index (χ4v) is 2.36. The van der Waals surface area contributed by atoms with Gasteiger partial charge < -0.3 is 14.9 Å².